The predicted molar refractivity (Wildman–Crippen MR) is 64.8 cm³/mol. The van der Waals surface area contributed by atoms with Gasteiger partial charge in [0.15, 0.2) is 10.6 Å². The van der Waals surface area contributed by atoms with Gasteiger partial charge in [0.25, 0.3) is 0 Å². The van der Waals surface area contributed by atoms with E-state index in [-0.39, 0.29) is 16.3 Å². The molecule has 0 radical (unpaired) electrons. The topological polar surface area (TPSA) is 98.6 Å². The quantitative estimate of drug-likeness (QED) is 0.668. The molecule has 1 aromatic heterocycles. The zero-order valence-corrected chi connectivity index (χ0v) is 10.5. The van der Waals surface area contributed by atoms with E-state index in [0.717, 1.165) is 0 Å². The average molecular weight is 280 g/mol. The summed E-state index contributed by atoms with van der Waals surface area (Å²) in [4.78, 5) is 22.4. The number of carboxylic acid groups (broad SMARTS) is 1. The fourth-order valence-electron chi connectivity index (χ4n) is 1.28. The van der Waals surface area contributed by atoms with Crippen LogP contribution in [0.1, 0.15) is 20.2 Å². The molecule has 1 heterocycles. The summed E-state index contributed by atoms with van der Waals surface area (Å²) in [6, 6.07) is 6.36. The minimum absolute atomic E-state index is 0.230. The number of rotatable bonds is 4. The van der Waals surface area contributed by atoms with Crippen molar-refractivity contribution >= 4 is 23.5 Å². The number of hydrogen-bond donors (Lipinski definition) is 1. The summed E-state index contributed by atoms with van der Waals surface area (Å²) in [7, 11) is 1.48. The highest BCUT2D eigenvalue weighted by atomic mass is 32.1. The Hall–Kier alpha value is -2.48. The second-order valence-corrected chi connectivity index (χ2v) is 4.08. The van der Waals surface area contributed by atoms with E-state index in [4.69, 9.17) is 14.6 Å². The molecule has 0 atom stereocenters. The van der Waals surface area contributed by atoms with Gasteiger partial charge in [0.05, 0.1) is 7.11 Å². The Balaban J connectivity index is 2.20. The van der Waals surface area contributed by atoms with Crippen LogP contribution in [-0.2, 0) is 0 Å². The van der Waals surface area contributed by atoms with Crippen molar-refractivity contribution < 1.29 is 24.2 Å². The largest absolute Gasteiger partial charge is 0.497 e. The molecule has 0 unspecified atom stereocenters. The summed E-state index contributed by atoms with van der Waals surface area (Å²) in [5.41, 5.74) is -0.319. The fourth-order valence-corrected chi connectivity index (χ4v) is 1.78. The van der Waals surface area contributed by atoms with Gasteiger partial charge in [-0.2, -0.15) is 0 Å². The van der Waals surface area contributed by atoms with E-state index < -0.39 is 11.9 Å². The number of hydrogen-bond acceptors (Lipinski definition) is 7. The van der Waals surface area contributed by atoms with Crippen LogP contribution in [0, 0.1) is 0 Å². The first-order valence-electron chi connectivity index (χ1n) is 5.03. The smallest absolute Gasteiger partial charge is 0.366 e. The molecular weight excluding hydrogens is 272 g/mol. The van der Waals surface area contributed by atoms with Crippen LogP contribution in [-0.4, -0.2) is 33.7 Å². The molecule has 19 heavy (non-hydrogen) atoms. The molecule has 0 spiro atoms. The SMILES string of the molecule is COc1cccc(OC(=O)c2nnsc2C(=O)O)c1. The van der Waals surface area contributed by atoms with Crippen LogP contribution in [0.15, 0.2) is 24.3 Å². The normalized spacial score (nSPS) is 9.95. The maximum Gasteiger partial charge on any atom is 0.366 e. The first kappa shape index (κ1) is 13.0. The zero-order valence-electron chi connectivity index (χ0n) is 9.69. The van der Waals surface area contributed by atoms with Crippen molar-refractivity contribution in [3.8, 4) is 11.5 Å². The molecule has 0 saturated heterocycles. The molecule has 0 aliphatic heterocycles. The Kier molecular flexibility index (Phi) is 3.71. The van der Waals surface area contributed by atoms with Crippen LogP contribution in [0.2, 0.25) is 0 Å². The highest BCUT2D eigenvalue weighted by Gasteiger charge is 2.23. The van der Waals surface area contributed by atoms with E-state index in [1.165, 1.54) is 13.2 Å². The van der Waals surface area contributed by atoms with Crippen LogP contribution in [0.4, 0.5) is 0 Å². The molecule has 0 bridgehead atoms. The van der Waals surface area contributed by atoms with Crippen molar-refractivity contribution in [1.82, 2.24) is 9.59 Å². The average Bonchev–Trinajstić information content (AvgIpc) is 2.88. The van der Waals surface area contributed by atoms with Crippen molar-refractivity contribution in [1.29, 1.82) is 0 Å². The molecule has 2 aromatic rings. The number of methoxy groups -OCH3 is 1. The van der Waals surface area contributed by atoms with Crippen LogP contribution in [0.3, 0.4) is 0 Å². The molecule has 0 aliphatic rings. The highest BCUT2D eigenvalue weighted by molar-refractivity contribution is 7.08. The van der Waals surface area contributed by atoms with Crippen molar-refractivity contribution in [2.24, 2.45) is 0 Å². The van der Waals surface area contributed by atoms with Gasteiger partial charge in [-0.1, -0.05) is 10.6 Å². The monoisotopic (exact) mass is 280 g/mol. The lowest BCUT2D eigenvalue weighted by molar-refractivity contribution is 0.0669. The van der Waals surface area contributed by atoms with E-state index in [1.807, 2.05) is 0 Å². The van der Waals surface area contributed by atoms with Gasteiger partial charge in [0.2, 0.25) is 0 Å². The van der Waals surface area contributed by atoms with Crippen LogP contribution in [0.25, 0.3) is 0 Å². The third-order valence-electron chi connectivity index (χ3n) is 2.13. The summed E-state index contributed by atoms with van der Waals surface area (Å²) in [6.07, 6.45) is 0. The van der Waals surface area contributed by atoms with E-state index >= 15 is 0 Å². The molecule has 7 nitrogen and oxygen atoms in total. The summed E-state index contributed by atoms with van der Waals surface area (Å²) in [6.45, 7) is 0. The number of aromatic nitrogens is 2. The molecule has 1 N–H and O–H groups in total. The molecule has 0 amide bonds. The maximum absolute atomic E-state index is 11.8. The first-order valence-corrected chi connectivity index (χ1v) is 5.81. The molecule has 98 valence electrons. The predicted octanol–water partition coefficient (Wildman–Crippen LogP) is 1.46. The summed E-state index contributed by atoms with van der Waals surface area (Å²) in [5.74, 6) is -1.40. The Labute approximate surface area is 111 Å². The molecular formula is C11H8N2O5S. The minimum atomic E-state index is -1.27. The van der Waals surface area contributed by atoms with Gasteiger partial charge in [0, 0.05) is 6.07 Å². The number of ether oxygens (including phenoxy) is 2. The number of carbonyl (C=O) groups excluding carboxylic acids is 1. The number of aromatic carboxylic acids is 1. The molecule has 0 fully saturated rings. The van der Waals surface area contributed by atoms with Crippen molar-refractivity contribution in [2.75, 3.05) is 7.11 Å². The third kappa shape index (κ3) is 2.86. The van der Waals surface area contributed by atoms with Gasteiger partial charge in [-0.05, 0) is 23.7 Å². The lowest BCUT2D eigenvalue weighted by atomic mass is 10.3. The number of carboxylic acids is 1. The number of nitrogens with zero attached hydrogens (tertiary/aromatic N) is 2. The maximum atomic E-state index is 11.8. The molecule has 8 heteroatoms. The second-order valence-electron chi connectivity index (χ2n) is 3.32. The van der Waals surface area contributed by atoms with Crippen LogP contribution < -0.4 is 9.47 Å². The first-order chi connectivity index (χ1) is 9.11. The Morgan fingerprint density at radius 1 is 1.32 bits per heavy atom. The minimum Gasteiger partial charge on any atom is -0.497 e. The van der Waals surface area contributed by atoms with Gasteiger partial charge < -0.3 is 14.6 Å². The number of esters is 1. The van der Waals surface area contributed by atoms with Gasteiger partial charge in [-0.25, -0.2) is 9.59 Å². The Morgan fingerprint density at radius 3 is 2.74 bits per heavy atom. The van der Waals surface area contributed by atoms with Crippen molar-refractivity contribution in [3.05, 3.63) is 34.8 Å². The van der Waals surface area contributed by atoms with E-state index in [1.54, 1.807) is 18.2 Å². The summed E-state index contributed by atoms with van der Waals surface area (Å²) < 4.78 is 13.4. The van der Waals surface area contributed by atoms with Gasteiger partial charge in [-0.3, -0.25) is 0 Å². The molecule has 2 rings (SSSR count). The molecule has 0 saturated carbocycles. The van der Waals surface area contributed by atoms with Crippen molar-refractivity contribution in [3.63, 3.8) is 0 Å². The third-order valence-corrected chi connectivity index (χ3v) is 2.84. The summed E-state index contributed by atoms with van der Waals surface area (Å²) in [5, 5.41) is 12.3. The summed E-state index contributed by atoms with van der Waals surface area (Å²) >= 11 is 0.618. The van der Waals surface area contributed by atoms with Crippen molar-refractivity contribution in [2.45, 2.75) is 0 Å². The highest BCUT2D eigenvalue weighted by Crippen LogP contribution is 2.20. The zero-order chi connectivity index (χ0) is 13.8. The van der Waals surface area contributed by atoms with Crippen LogP contribution in [0.5, 0.6) is 11.5 Å². The van der Waals surface area contributed by atoms with Gasteiger partial charge in [0.1, 0.15) is 11.5 Å². The van der Waals surface area contributed by atoms with Crippen LogP contribution >= 0.6 is 11.5 Å². The van der Waals surface area contributed by atoms with E-state index in [0.29, 0.717) is 17.3 Å². The lowest BCUT2D eigenvalue weighted by Gasteiger charge is -2.04. The van der Waals surface area contributed by atoms with Gasteiger partial charge in [-0.15, -0.1) is 5.10 Å². The Bertz CT molecular complexity index is 625. The Morgan fingerprint density at radius 2 is 2.05 bits per heavy atom. The number of carbonyl (C=O) groups is 2. The number of benzene rings is 1. The fraction of sp³-hybridized carbons (Fsp3) is 0.0909. The second kappa shape index (κ2) is 5.44. The standard InChI is InChI=1S/C11H8N2O5S/c1-17-6-3-2-4-7(5-6)18-11(16)8-9(10(14)15)19-13-12-8/h2-5H,1H3,(H,14,15). The van der Waals surface area contributed by atoms with E-state index in [9.17, 15) is 9.59 Å². The molecule has 1 aromatic carbocycles. The van der Waals surface area contributed by atoms with Gasteiger partial charge >= 0.3 is 11.9 Å². The lowest BCUT2D eigenvalue weighted by Crippen LogP contribution is -2.13. The molecule has 0 aliphatic carbocycles. The van der Waals surface area contributed by atoms with E-state index in [2.05, 4.69) is 9.59 Å².